The van der Waals surface area contributed by atoms with Crippen molar-refractivity contribution >= 4 is 17.7 Å². The van der Waals surface area contributed by atoms with E-state index < -0.39 is 0 Å². The fourth-order valence-electron chi connectivity index (χ4n) is 3.03. The molecular formula is C18H23FN4OS. The van der Waals surface area contributed by atoms with Crippen LogP contribution >= 0.6 is 11.8 Å². The molecule has 1 aromatic carbocycles. The molecule has 1 aliphatic carbocycles. The number of carbonyl (C=O) groups excluding carboxylic acids is 1. The van der Waals surface area contributed by atoms with Crippen molar-refractivity contribution in [3.05, 3.63) is 30.1 Å². The summed E-state index contributed by atoms with van der Waals surface area (Å²) in [5.41, 5.74) is 0.373. The van der Waals surface area contributed by atoms with Crippen molar-refractivity contribution in [3.8, 4) is 11.4 Å². The van der Waals surface area contributed by atoms with Gasteiger partial charge >= 0.3 is 0 Å². The lowest BCUT2D eigenvalue weighted by Crippen LogP contribution is -2.39. The number of benzene rings is 1. The molecule has 134 valence electrons. The van der Waals surface area contributed by atoms with Gasteiger partial charge in [0.05, 0.1) is 10.8 Å². The Labute approximate surface area is 151 Å². The molecule has 2 aromatic rings. The van der Waals surface area contributed by atoms with E-state index in [1.807, 2.05) is 6.92 Å². The highest BCUT2D eigenvalue weighted by atomic mass is 32.2. The molecule has 1 atom stereocenters. The number of hydrogen-bond donors (Lipinski definition) is 2. The highest BCUT2D eigenvalue weighted by molar-refractivity contribution is 8.00. The van der Waals surface area contributed by atoms with Crippen molar-refractivity contribution < 1.29 is 9.18 Å². The number of rotatable bonds is 5. The van der Waals surface area contributed by atoms with Crippen LogP contribution in [0.3, 0.4) is 0 Å². The van der Waals surface area contributed by atoms with Gasteiger partial charge in [-0.25, -0.2) is 9.37 Å². The van der Waals surface area contributed by atoms with E-state index in [9.17, 15) is 9.18 Å². The number of amides is 1. The first kappa shape index (κ1) is 17.9. The third kappa shape index (κ3) is 4.81. The lowest BCUT2D eigenvalue weighted by molar-refractivity contribution is -0.121. The molecule has 1 heterocycles. The zero-order valence-electron chi connectivity index (χ0n) is 14.3. The molecule has 0 bridgehead atoms. The average Bonchev–Trinajstić information content (AvgIpc) is 2.90. The summed E-state index contributed by atoms with van der Waals surface area (Å²) in [6.45, 7) is 1.84. The second-order valence-corrected chi connectivity index (χ2v) is 7.71. The summed E-state index contributed by atoms with van der Waals surface area (Å²) in [7, 11) is 0. The minimum atomic E-state index is -0.352. The van der Waals surface area contributed by atoms with Gasteiger partial charge in [-0.3, -0.25) is 9.89 Å². The summed E-state index contributed by atoms with van der Waals surface area (Å²) in [5, 5.41) is 10.1. The largest absolute Gasteiger partial charge is 0.352 e. The highest BCUT2D eigenvalue weighted by Crippen LogP contribution is 2.25. The van der Waals surface area contributed by atoms with Gasteiger partial charge in [-0.15, -0.1) is 5.10 Å². The van der Waals surface area contributed by atoms with Gasteiger partial charge in [0.15, 0.2) is 5.82 Å². The molecule has 0 spiro atoms. The summed E-state index contributed by atoms with van der Waals surface area (Å²) in [4.78, 5) is 16.7. The number of nitrogens with one attached hydrogen (secondary N) is 2. The molecule has 2 N–H and O–H groups in total. The molecule has 1 fully saturated rings. The van der Waals surface area contributed by atoms with Crippen LogP contribution in [0.25, 0.3) is 11.4 Å². The SMILES string of the molecule is C[C@H](Sc1n[nH]c(-c2ccccc2F)n1)C(=O)NC1CCCCCC1. The van der Waals surface area contributed by atoms with Crippen molar-refractivity contribution in [2.24, 2.45) is 0 Å². The summed E-state index contributed by atoms with van der Waals surface area (Å²) in [6.07, 6.45) is 6.99. The quantitative estimate of drug-likeness (QED) is 0.624. The van der Waals surface area contributed by atoms with Crippen molar-refractivity contribution in [1.29, 1.82) is 0 Å². The lowest BCUT2D eigenvalue weighted by Gasteiger charge is -2.18. The van der Waals surface area contributed by atoms with Crippen LogP contribution in [0.2, 0.25) is 0 Å². The summed E-state index contributed by atoms with van der Waals surface area (Å²) < 4.78 is 13.8. The second kappa shape index (κ2) is 8.47. The zero-order valence-corrected chi connectivity index (χ0v) is 15.1. The number of nitrogens with zero attached hydrogens (tertiary/aromatic N) is 2. The molecule has 1 saturated carbocycles. The van der Waals surface area contributed by atoms with Gasteiger partial charge in [-0.1, -0.05) is 49.6 Å². The van der Waals surface area contributed by atoms with Crippen molar-refractivity contribution in [1.82, 2.24) is 20.5 Å². The maximum Gasteiger partial charge on any atom is 0.233 e. The van der Waals surface area contributed by atoms with Crippen molar-refractivity contribution in [3.63, 3.8) is 0 Å². The van der Waals surface area contributed by atoms with E-state index in [2.05, 4.69) is 20.5 Å². The fourth-order valence-corrected chi connectivity index (χ4v) is 3.76. The zero-order chi connectivity index (χ0) is 17.6. The van der Waals surface area contributed by atoms with Crippen LogP contribution in [0.4, 0.5) is 4.39 Å². The van der Waals surface area contributed by atoms with E-state index in [-0.39, 0.29) is 23.0 Å². The molecular weight excluding hydrogens is 339 g/mol. The lowest BCUT2D eigenvalue weighted by atomic mass is 10.1. The molecule has 5 nitrogen and oxygen atoms in total. The van der Waals surface area contributed by atoms with Gasteiger partial charge in [-0.05, 0) is 31.9 Å². The average molecular weight is 362 g/mol. The summed E-state index contributed by atoms with van der Waals surface area (Å²) >= 11 is 1.28. The molecule has 1 aromatic heterocycles. The fraction of sp³-hybridized carbons (Fsp3) is 0.500. The third-order valence-electron chi connectivity index (χ3n) is 4.45. The molecule has 0 saturated heterocycles. The summed E-state index contributed by atoms with van der Waals surface area (Å²) in [6, 6.07) is 6.68. The minimum Gasteiger partial charge on any atom is -0.352 e. The first-order valence-electron chi connectivity index (χ1n) is 8.78. The van der Waals surface area contributed by atoms with E-state index in [1.54, 1.807) is 18.2 Å². The number of thioether (sulfide) groups is 1. The maximum absolute atomic E-state index is 13.8. The smallest absolute Gasteiger partial charge is 0.233 e. The molecule has 0 radical (unpaired) electrons. The number of carbonyl (C=O) groups is 1. The summed E-state index contributed by atoms with van der Waals surface area (Å²) in [5.74, 6) is 0.0282. The van der Waals surface area contributed by atoms with Gasteiger partial charge in [0.1, 0.15) is 5.82 Å². The number of H-pyrrole nitrogens is 1. The van der Waals surface area contributed by atoms with Crippen LogP contribution in [0.1, 0.15) is 45.4 Å². The van der Waals surface area contributed by atoms with Gasteiger partial charge in [0.2, 0.25) is 11.1 Å². The predicted octanol–water partition coefficient (Wildman–Crippen LogP) is 3.93. The topological polar surface area (TPSA) is 70.7 Å². The van der Waals surface area contributed by atoms with Crippen LogP contribution in [0.15, 0.2) is 29.4 Å². The van der Waals surface area contributed by atoms with E-state index in [0.29, 0.717) is 16.5 Å². The molecule has 0 unspecified atom stereocenters. The predicted molar refractivity (Wildman–Crippen MR) is 96.7 cm³/mol. The molecule has 0 aliphatic heterocycles. The standard InChI is InChI=1S/C18H23FN4OS/c1-12(17(24)20-13-8-4-2-3-5-9-13)25-18-21-16(22-23-18)14-10-6-7-11-15(14)19/h6-7,10-13H,2-5,8-9H2,1H3,(H,20,24)(H,21,22,23)/t12-/m0/s1. The first-order valence-corrected chi connectivity index (χ1v) is 9.66. The Hall–Kier alpha value is -1.89. The molecule has 1 aliphatic rings. The number of halogens is 1. The van der Waals surface area contributed by atoms with E-state index in [0.717, 1.165) is 12.8 Å². The van der Waals surface area contributed by atoms with Gasteiger partial charge in [-0.2, -0.15) is 0 Å². The highest BCUT2D eigenvalue weighted by Gasteiger charge is 2.21. The third-order valence-corrected chi connectivity index (χ3v) is 5.41. The number of hydrogen-bond acceptors (Lipinski definition) is 4. The monoisotopic (exact) mass is 362 g/mol. The normalized spacial score (nSPS) is 17.0. The molecule has 7 heteroatoms. The Balaban J connectivity index is 1.58. The van der Waals surface area contributed by atoms with Crippen molar-refractivity contribution in [2.75, 3.05) is 0 Å². The Morgan fingerprint density at radius 3 is 2.72 bits per heavy atom. The minimum absolute atomic E-state index is 0.00846. The Morgan fingerprint density at radius 1 is 1.28 bits per heavy atom. The Kier molecular flexibility index (Phi) is 6.07. The molecule has 25 heavy (non-hydrogen) atoms. The molecule has 1 amide bonds. The van der Waals surface area contributed by atoms with Crippen LogP contribution in [-0.2, 0) is 4.79 Å². The molecule has 3 rings (SSSR count). The van der Waals surface area contributed by atoms with Crippen molar-refractivity contribution in [2.45, 2.75) is 61.9 Å². The van der Waals surface area contributed by atoms with E-state index in [4.69, 9.17) is 0 Å². The second-order valence-electron chi connectivity index (χ2n) is 6.40. The van der Waals surface area contributed by atoms with Crippen LogP contribution < -0.4 is 5.32 Å². The number of aromatic nitrogens is 3. The Bertz CT molecular complexity index is 713. The van der Waals surface area contributed by atoms with Crippen LogP contribution in [0.5, 0.6) is 0 Å². The van der Waals surface area contributed by atoms with Gasteiger partial charge in [0, 0.05) is 6.04 Å². The van der Waals surface area contributed by atoms with Gasteiger partial charge < -0.3 is 5.32 Å². The Morgan fingerprint density at radius 2 is 2.00 bits per heavy atom. The number of aromatic amines is 1. The van der Waals surface area contributed by atoms with Crippen LogP contribution in [0, 0.1) is 5.82 Å². The van der Waals surface area contributed by atoms with Crippen LogP contribution in [-0.4, -0.2) is 32.4 Å². The first-order chi connectivity index (χ1) is 12.1. The van der Waals surface area contributed by atoms with E-state index in [1.165, 1.54) is 43.5 Å². The maximum atomic E-state index is 13.8. The van der Waals surface area contributed by atoms with Gasteiger partial charge in [0.25, 0.3) is 0 Å². The van der Waals surface area contributed by atoms with E-state index >= 15 is 0 Å².